The predicted molar refractivity (Wildman–Crippen MR) is 125 cm³/mol. The lowest BCUT2D eigenvalue weighted by Crippen LogP contribution is -2.30. The van der Waals surface area contributed by atoms with E-state index in [0.717, 1.165) is 16.8 Å². The number of ketones is 2. The third kappa shape index (κ3) is 3.82. The summed E-state index contributed by atoms with van der Waals surface area (Å²) in [6.45, 7) is 8.01. The van der Waals surface area contributed by atoms with Gasteiger partial charge in [0.2, 0.25) is 11.6 Å². The molecule has 1 aliphatic heterocycles. The SMILES string of the molecule is Cc1ccc(C(=O)C2=C(O)C(=O)C(c3ccc(C)nc3)N2c2ccc(C(C)C)cc2)cc1. The van der Waals surface area contributed by atoms with Crippen molar-refractivity contribution >= 4 is 17.3 Å². The average Bonchev–Trinajstić information content (AvgIpc) is 3.05. The second-order valence-corrected chi connectivity index (χ2v) is 8.51. The van der Waals surface area contributed by atoms with Gasteiger partial charge < -0.3 is 10.0 Å². The summed E-state index contributed by atoms with van der Waals surface area (Å²) in [4.78, 5) is 32.7. The van der Waals surface area contributed by atoms with Crippen molar-refractivity contribution in [2.45, 2.75) is 39.7 Å². The molecule has 1 atom stereocenters. The van der Waals surface area contributed by atoms with Crippen LogP contribution in [-0.4, -0.2) is 21.7 Å². The number of Topliss-reactive ketones (excluding diaryl/α,β-unsaturated/α-hetero) is 2. The van der Waals surface area contributed by atoms with Crippen LogP contribution >= 0.6 is 0 Å². The fourth-order valence-electron chi connectivity index (χ4n) is 3.90. The molecule has 0 spiro atoms. The van der Waals surface area contributed by atoms with Crippen LogP contribution in [0.4, 0.5) is 5.69 Å². The first kappa shape index (κ1) is 21.5. The quantitative estimate of drug-likeness (QED) is 0.538. The summed E-state index contributed by atoms with van der Waals surface area (Å²) in [7, 11) is 0. The van der Waals surface area contributed by atoms with Crippen LogP contribution in [0.5, 0.6) is 0 Å². The summed E-state index contributed by atoms with van der Waals surface area (Å²) in [5.41, 5.74) is 4.66. The maximum absolute atomic E-state index is 13.5. The number of allylic oxidation sites excluding steroid dienone is 1. The second-order valence-electron chi connectivity index (χ2n) is 8.51. The normalized spacial score (nSPS) is 16.2. The Bertz CT molecular complexity index is 1190. The van der Waals surface area contributed by atoms with E-state index in [9.17, 15) is 14.7 Å². The molecule has 1 N–H and O–H groups in total. The first-order valence-corrected chi connectivity index (χ1v) is 10.7. The molecule has 0 aliphatic carbocycles. The van der Waals surface area contributed by atoms with E-state index in [-0.39, 0.29) is 5.70 Å². The summed E-state index contributed by atoms with van der Waals surface area (Å²) in [5, 5.41) is 10.9. The topological polar surface area (TPSA) is 70.5 Å². The number of aliphatic hydroxyl groups is 1. The molecule has 3 aromatic rings. The van der Waals surface area contributed by atoms with Crippen LogP contribution in [0.15, 0.2) is 78.3 Å². The van der Waals surface area contributed by atoms with Gasteiger partial charge in [-0.1, -0.05) is 61.9 Å². The lowest BCUT2D eigenvalue weighted by Gasteiger charge is -2.28. The Morgan fingerprint density at radius 3 is 2.19 bits per heavy atom. The van der Waals surface area contributed by atoms with Gasteiger partial charge in [-0.25, -0.2) is 0 Å². The van der Waals surface area contributed by atoms with Crippen molar-refractivity contribution < 1.29 is 14.7 Å². The largest absolute Gasteiger partial charge is 0.503 e. The number of carbonyl (C=O) groups excluding carboxylic acids is 2. The molecule has 5 nitrogen and oxygen atoms in total. The molecular formula is C27H26N2O3. The van der Waals surface area contributed by atoms with E-state index in [1.807, 2.05) is 62.4 Å². The molecule has 32 heavy (non-hydrogen) atoms. The Kier molecular flexibility index (Phi) is 5.66. The zero-order valence-electron chi connectivity index (χ0n) is 18.7. The fraction of sp³-hybridized carbons (Fsp3) is 0.222. The van der Waals surface area contributed by atoms with E-state index in [1.165, 1.54) is 0 Å². The van der Waals surface area contributed by atoms with Crippen LogP contribution < -0.4 is 4.90 Å². The molecule has 0 amide bonds. The summed E-state index contributed by atoms with van der Waals surface area (Å²) < 4.78 is 0. The molecule has 5 heteroatoms. The van der Waals surface area contributed by atoms with Crippen LogP contribution in [0.3, 0.4) is 0 Å². The molecule has 2 aromatic carbocycles. The van der Waals surface area contributed by atoms with Gasteiger partial charge in [0.05, 0.1) is 0 Å². The van der Waals surface area contributed by atoms with E-state index in [0.29, 0.717) is 22.7 Å². The lowest BCUT2D eigenvalue weighted by atomic mass is 10.0. The molecule has 0 saturated heterocycles. The second kappa shape index (κ2) is 8.42. The van der Waals surface area contributed by atoms with Gasteiger partial charge in [-0.05, 0) is 43.5 Å². The number of aryl methyl sites for hydroxylation is 2. The van der Waals surface area contributed by atoms with Gasteiger partial charge >= 0.3 is 0 Å². The zero-order chi connectivity index (χ0) is 23.0. The summed E-state index contributed by atoms with van der Waals surface area (Å²) in [6.07, 6.45) is 1.62. The number of hydrogen-bond acceptors (Lipinski definition) is 5. The van der Waals surface area contributed by atoms with Crippen LogP contribution in [0.25, 0.3) is 0 Å². The molecular weight excluding hydrogens is 400 g/mol. The minimum atomic E-state index is -0.864. The molecule has 162 valence electrons. The van der Waals surface area contributed by atoms with E-state index < -0.39 is 23.4 Å². The molecule has 0 radical (unpaired) electrons. The number of nitrogens with zero attached hydrogens (tertiary/aromatic N) is 2. The van der Waals surface area contributed by atoms with Gasteiger partial charge in [0, 0.05) is 28.7 Å². The Hall–Kier alpha value is -3.73. The van der Waals surface area contributed by atoms with Gasteiger partial charge in [-0.2, -0.15) is 0 Å². The van der Waals surface area contributed by atoms with Gasteiger partial charge in [0.15, 0.2) is 5.76 Å². The molecule has 0 bridgehead atoms. The van der Waals surface area contributed by atoms with Crippen molar-refractivity contribution in [3.63, 3.8) is 0 Å². The van der Waals surface area contributed by atoms with Gasteiger partial charge in [0.25, 0.3) is 0 Å². The van der Waals surface area contributed by atoms with Crippen LogP contribution in [-0.2, 0) is 4.79 Å². The number of anilines is 1. The fourth-order valence-corrected chi connectivity index (χ4v) is 3.90. The van der Waals surface area contributed by atoms with Crippen molar-refractivity contribution in [2.24, 2.45) is 0 Å². The zero-order valence-corrected chi connectivity index (χ0v) is 18.7. The molecule has 0 fully saturated rings. The summed E-state index contributed by atoms with van der Waals surface area (Å²) in [6, 6.07) is 17.6. The van der Waals surface area contributed by atoms with Crippen LogP contribution in [0.2, 0.25) is 0 Å². The molecule has 1 aliphatic rings. The van der Waals surface area contributed by atoms with Crippen molar-refractivity contribution in [1.29, 1.82) is 0 Å². The Labute approximate surface area is 188 Å². The minimum absolute atomic E-state index is 0.0123. The van der Waals surface area contributed by atoms with Gasteiger partial charge in [-0.15, -0.1) is 0 Å². The number of aromatic nitrogens is 1. The number of hydrogen-bond donors (Lipinski definition) is 1. The highest BCUT2D eigenvalue weighted by Gasteiger charge is 2.44. The average molecular weight is 427 g/mol. The molecule has 2 heterocycles. The maximum atomic E-state index is 13.5. The van der Waals surface area contributed by atoms with Gasteiger partial charge in [0.1, 0.15) is 11.7 Å². The first-order valence-electron chi connectivity index (χ1n) is 10.7. The van der Waals surface area contributed by atoms with E-state index in [1.54, 1.807) is 23.2 Å². The molecule has 4 rings (SSSR count). The van der Waals surface area contributed by atoms with E-state index in [2.05, 4.69) is 18.8 Å². The molecule has 1 unspecified atom stereocenters. The number of benzene rings is 2. The Morgan fingerprint density at radius 2 is 1.62 bits per heavy atom. The highest BCUT2D eigenvalue weighted by Crippen LogP contribution is 2.41. The summed E-state index contributed by atoms with van der Waals surface area (Å²) >= 11 is 0. The smallest absolute Gasteiger partial charge is 0.226 e. The van der Waals surface area contributed by atoms with E-state index in [4.69, 9.17) is 0 Å². The van der Waals surface area contributed by atoms with Crippen molar-refractivity contribution in [1.82, 2.24) is 4.98 Å². The molecule has 0 saturated carbocycles. The van der Waals surface area contributed by atoms with E-state index >= 15 is 0 Å². The number of aliphatic hydroxyl groups excluding tert-OH is 1. The highest BCUT2D eigenvalue weighted by molar-refractivity contribution is 6.20. The standard InChI is InChI=1S/C27H26N2O3/c1-16(2)19-11-13-22(14-12-19)29-23(21-10-7-18(4)28-15-21)26(31)27(32)24(29)25(30)20-8-5-17(3)6-9-20/h5-16,23,32H,1-4H3. The minimum Gasteiger partial charge on any atom is -0.503 e. The van der Waals surface area contributed by atoms with Gasteiger partial charge in [-0.3, -0.25) is 14.6 Å². The predicted octanol–water partition coefficient (Wildman–Crippen LogP) is 5.60. The highest BCUT2D eigenvalue weighted by atomic mass is 16.3. The number of carbonyl (C=O) groups is 2. The van der Waals surface area contributed by atoms with Crippen molar-refractivity contribution in [2.75, 3.05) is 4.90 Å². The third-order valence-corrected chi connectivity index (χ3v) is 5.82. The third-order valence-electron chi connectivity index (χ3n) is 5.82. The first-order chi connectivity index (χ1) is 15.3. The number of pyridine rings is 1. The van der Waals surface area contributed by atoms with Crippen LogP contribution in [0.1, 0.15) is 58.5 Å². The monoisotopic (exact) mass is 426 g/mol. The van der Waals surface area contributed by atoms with Crippen molar-refractivity contribution in [3.05, 3.63) is 106 Å². The Morgan fingerprint density at radius 1 is 0.969 bits per heavy atom. The van der Waals surface area contributed by atoms with Crippen molar-refractivity contribution in [3.8, 4) is 0 Å². The summed E-state index contributed by atoms with van der Waals surface area (Å²) in [5.74, 6) is -1.08. The Balaban J connectivity index is 1.85. The number of rotatable bonds is 5. The molecule has 1 aromatic heterocycles. The lowest BCUT2D eigenvalue weighted by molar-refractivity contribution is -0.118. The maximum Gasteiger partial charge on any atom is 0.226 e. The van der Waals surface area contributed by atoms with Crippen LogP contribution in [0, 0.1) is 13.8 Å².